The van der Waals surface area contributed by atoms with Gasteiger partial charge >= 0.3 is 0 Å². The quantitative estimate of drug-likeness (QED) is 0.501. The zero-order valence-electron chi connectivity index (χ0n) is 9.12. The molecule has 1 aromatic carbocycles. The van der Waals surface area contributed by atoms with Gasteiger partial charge in [-0.15, -0.1) is 5.10 Å². The molecule has 8 heteroatoms. The van der Waals surface area contributed by atoms with E-state index in [-0.39, 0.29) is 17.3 Å². The van der Waals surface area contributed by atoms with Crippen molar-refractivity contribution >= 4 is 33.8 Å². The summed E-state index contributed by atoms with van der Waals surface area (Å²) in [6.45, 7) is 0. The van der Waals surface area contributed by atoms with Crippen molar-refractivity contribution in [1.82, 2.24) is 10.3 Å². The molecule has 1 heterocycles. The highest BCUT2D eigenvalue weighted by Crippen LogP contribution is 2.09. The molecule has 0 aliphatic heterocycles. The van der Waals surface area contributed by atoms with Crippen LogP contribution in [0.4, 0.5) is 5.82 Å². The van der Waals surface area contributed by atoms with Gasteiger partial charge < -0.3 is 11.5 Å². The second-order valence-corrected chi connectivity index (χ2v) is 4.20. The summed E-state index contributed by atoms with van der Waals surface area (Å²) in [5.74, 6) is 0.122. The fourth-order valence-electron chi connectivity index (χ4n) is 1.13. The highest BCUT2D eigenvalue weighted by atomic mass is 79.9. The van der Waals surface area contributed by atoms with Gasteiger partial charge in [0.15, 0.2) is 17.3 Å². The minimum Gasteiger partial charge on any atom is -0.380 e. The summed E-state index contributed by atoms with van der Waals surface area (Å²) in [5, 5.41) is 14.5. The molecule has 2 rings (SSSR count). The molecule has 0 fully saturated rings. The predicted molar refractivity (Wildman–Crippen MR) is 71.2 cm³/mol. The van der Waals surface area contributed by atoms with E-state index in [0.717, 1.165) is 10.0 Å². The van der Waals surface area contributed by atoms with Crippen LogP contribution in [-0.4, -0.2) is 22.4 Å². The predicted octanol–water partition coefficient (Wildman–Crippen LogP) is 1.15. The van der Waals surface area contributed by atoms with Gasteiger partial charge in [0.2, 0.25) is 0 Å². The molecule has 7 nitrogen and oxygen atoms in total. The Morgan fingerprint density at radius 3 is 2.61 bits per heavy atom. The average Bonchev–Trinajstić information content (AvgIpc) is 2.78. The standard InChI is InChI=1S/C10H9BrN6O/c11-7-3-1-6(2-4-7)5-14-15-9(12)8-10(13)17-18-16-8/h1-5H,(H2,12,15)(H2,13,17)/b14-5-. The summed E-state index contributed by atoms with van der Waals surface area (Å²) in [6, 6.07) is 7.55. The van der Waals surface area contributed by atoms with Gasteiger partial charge in [-0.2, -0.15) is 5.10 Å². The molecule has 0 spiro atoms. The summed E-state index contributed by atoms with van der Waals surface area (Å²) in [6.07, 6.45) is 1.56. The van der Waals surface area contributed by atoms with Gasteiger partial charge in [0.25, 0.3) is 0 Å². The van der Waals surface area contributed by atoms with Gasteiger partial charge in [0.1, 0.15) is 0 Å². The minimum absolute atomic E-state index is 0.0436. The lowest BCUT2D eigenvalue weighted by Crippen LogP contribution is -2.15. The number of anilines is 1. The third kappa shape index (κ3) is 2.92. The van der Waals surface area contributed by atoms with Crippen LogP contribution in [0.15, 0.2) is 43.6 Å². The Morgan fingerprint density at radius 1 is 1.28 bits per heavy atom. The van der Waals surface area contributed by atoms with Gasteiger partial charge in [-0.25, -0.2) is 4.63 Å². The van der Waals surface area contributed by atoms with Crippen LogP contribution < -0.4 is 11.5 Å². The first-order chi connectivity index (χ1) is 8.66. The van der Waals surface area contributed by atoms with E-state index in [2.05, 4.69) is 41.1 Å². The third-order valence-electron chi connectivity index (χ3n) is 2.00. The zero-order chi connectivity index (χ0) is 13.0. The van der Waals surface area contributed by atoms with Gasteiger partial charge in [-0.1, -0.05) is 28.1 Å². The van der Waals surface area contributed by atoms with E-state index in [1.807, 2.05) is 24.3 Å². The first-order valence-electron chi connectivity index (χ1n) is 4.87. The molecule has 4 N–H and O–H groups in total. The summed E-state index contributed by atoms with van der Waals surface area (Å²) in [5.41, 5.74) is 12.1. The van der Waals surface area contributed by atoms with Crippen molar-refractivity contribution in [1.29, 1.82) is 0 Å². The molecule has 0 bridgehead atoms. The van der Waals surface area contributed by atoms with Crippen LogP contribution in [0.5, 0.6) is 0 Å². The summed E-state index contributed by atoms with van der Waals surface area (Å²) in [7, 11) is 0. The lowest BCUT2D eigenvalue weighted by Gasteiger charge is -1.92. The topological polar surface area (TPSA) is 116 Å². The van der Waals surface area contributed by atoms with Crippen molar-refractivity contribution in [2.75, 3.05) is 5.73 Å². The van der Waals surface area contributed by atoms with E-state index in [1.54, 1.807) is 6.21 Å². The molecule has 0 atom stereocenters. The zero-order valence-corrected chi connectivity index (χ0v) is 10.7. The van der Waals surface area contributed by atoms with Crippen LogP contribution in [0.25, 0.3) is 0 Å². The molecular weight excluding hydrogens is 300 g/mol. The SMILES string of the molecule is NC(=N/N=C\c1ccc(Br)cc1)c1nonc1N. The Morgan fingerprint density at radius 2 is 2.00 bits per heavy atom. The normalized spacial score (nSPS) is 12.2. The summed E-state index contributed by atoms with van der Waals surface area (Å²) < 4.78 is 5.39. The molecule has 0 saturated carbocycles. The minimum atomic E-state index is 0.0436. The maximum atomic E-state index is 5.61. The highest BCUT2D eigenvalue weighted by Gasteiger charge is 2.09. The fourth-order valence-corrected chi connectivity index (χ4v) is 1.39. The van der Waals surface area contributed by atoms with Crippen LogP contribution in [0.2, 0.25) is 0 Å². The number of nitrogen functional groups attached to an aromatic ring is 1. The fraction of sp³-hybridized carbons (Fsp3) is 0. The summed E-state index contributed by atoms with van der Waals surface area (Å²) in [4.78, 5) is 0. The molecule has 0 aliphatic carbocycles. The monoisotopic (exact) mass is 308 g/mol. The van der Waals surface area contributed by atoms with Crippen molar-refractivity contribution in [3.05, 3.63) is 40.0 Å². The molecule has 1 aromatic heterocycles. The first-order valence-corrected chi connectivity index (χ1v) is 5.66. The summed E-state index contributed by atoms with van der Waals surface area (Å²) >= 11 is 3.34. The van der Waals surface area contributed by atoms with Crippen LogP contribution in [0.3, 0.4) is 0 Å². The third-order valence-corrected chi connectivity index (χ3v) is 2.53. The second-order valence-electron chi connectivity index (χ2n) is 3.28. The van der Waals surface area contributed by atoms with E-state index >= 15 is 0 Å². The Labute approximate surface area is 111 Å². The molecule has 0 amide bonds. The van der Waals surface area contributed by atoms with Gasteiger partial charge in [-0.3, -0.25) is 0 Å². The van der Waals surface area contributed by atoms with Crippen LogP contribution in [0, 0.1) is 0 Å². The largest absolute Gasteiger partial charge is 0.380 e. The first kappa shape index (κ1) is 12.2. The Hall–Kier alpha value is -2.22. The molecule has 0 aliphatic rings. The highest BCUT2D eigenvalue weighted by molar-refractivity contribution is 9.10. The van der Waals surface area contributed by atoms with Gasteiger partial charge in [-0.05, 0) is 28.0 Å². The number of nitrogens with two attached hydrogens (primary N) is 2. The molecule has 18 heavy (non-hydrogen) atoms. The molecule has 92 valence electrons. The van der Waals surface area contributed by atoms with E-state index < -0.39 is 0 Å². The van der Waals surface area contributed by atoms with E-state index in [0.29, 0.717) is 0 Å². The lowest BCUT2D eigenvalue weighted by atomic mass is 10.2. The molecule has 0 saturated heterocycles. The van der Waals surface area contributed by atoms with Crippen LogP contribution >= 0.6 is 15.9 Å². The number of amidine groups is 1. The van der Waals surface area contributed by atoms with Crippen molar-refractivity contribution in [2.45, 2.75) is 0 Å². The van der Waals surface area contributed by atoms with E-state index in [4.69, 9.17) is 11.5 Å². The van der Waals surface area contributed by atoms with Crippen molar-refractivity contribution < 1.29 is 4.63 Å². The van der Waals surface area contributed by atoms with Crippen LogP contribution in [-0.2, 0) is 0 Å². The molecule has 0 radical (unpaired) electrons. The number of nitrogens with zero attached hydrogens (tertiary/aromatic N) is 4. The van der Waals surface area contributed by atoms with E-state index in [9.17, 15) is 0 Å². The number of hydrogen-bond acceptors (Lipinski definition) is 6. The number of benzene rings is 1. The maximum Gasteiger partial charge on any atom is 0.199 e. The maximum absolute atomic E-state index is 5.61. The Balaban J connectivity index is 2.11. The number of hydrogen-bond donors (Lipinski definition) is 2. The molecular formula is C10H9BrN6O. The Kier molecular flexibility index (Phi) is 3.68. The van der Waals surface area contributed by atoms with Gasteiger partial charge in [0.05, 0.1) is 6.21 Å². The lowest BCUT2D eigenvalue weighted by molar-refractivity contribution is 0.308. The smallest absolute Gasteiger partial charge is 0.199 e. The average molecular weight is 309 g/mol. The van der Waals surface area contributed by atoms with Crippen LogP contribution in [0.1, 0.15) is 11.3 Å². The van der Waals surface area contributed by atoms with Crippen molar-refractivity contribution in [3.8, 4) is 0 Å². The van der Waals surface area contributed by atoms with Crippen molar-refractivity contribution in [2.24, 2.45) is 15.9 Å². The molecule has 2 aromatic rings. The second kappa shape index (κ2) is 5.41. The number of rotatable bonds is 3. The number of halogens is 1. The number of aromatic nitrogens is 2. The molecule has 0 unspecified atom stereocenters. The van der Waals surface area contributed by atoms with Gasteiger partial charge in [0, 0.05) is 4.47 Å². The van der Waals surface area contributed by atoms with Crippen molar-refractivity contribution in [3.63, 3.8) is 0 Å². The van der Waals surface area contributed by atoms with E-state index in [1.165, 1.54) is 0 Å². The Bertz CT molecular complexity index is 589.